The summed E-state index contributed by atoms with van der Waals surface area (Å²) in [6, 6.07) is 14.5. The molecule has 0 aliphatic carbocycles. The van der Waals surface area contributed by atoms with Crippen molar-refractivity contribution in [1.82, 2.24) is 19.9 Å². The third-order valence-corrected chi connectivity index (χ3v) is 7.97. The number of aromatic nitrogens is 3. The number of anilines is 2. The summed E-state index contributed by atoms with van der Waals surface area (Å²) >= 11 is 1.65. The van der Waals surface area contributed by atoms with Crippen molar-refractivity contribution in [3.8, 4) is 0 Å². The minimum absolute atomic E-state index is 0.103. The number of nitrogens with zero attached hydrogens (tertiary/aromatic N) is 6. The van der Waals surface area contributed by atoms with E-state index < -0.39 is 0 Å². The van der Waals surface area contributed by atoms with E-state index in [0.29, 0.717) is 5.91 Å². The number of benzene rings is 1. The summed E-state index contributed by atoms with van der Waals surface area (Å²) in [5.74, 6) is 1.40. The fourth-order valence-electron chi connectivity index (χ4n) is 5.04. The first-order valence-corrected chi connectivity index (χ1v) is 12.4. The summed E-state index contributed by atoms with van der Waals surface area (Å²) in [6.45, 7) is 5.08. The molecule has 0 bridgehead atoms. The van der Waals surface area contributed by atoms with Crippen molar-refractivity contribution >= 4 is 49.2 Å². The van der Waals surface area contributed by atoms with E-state index in [1.807, 2.05) is 18.3 Å². The second-order valence-electron chi connectivity index (χ2n) is 8.74. The van der Waals surface area contributed by atoms with Crippen molar-refractivity contribution < 1.29 is 4.79 Å². The number of piperazine rings is 1. The summed E-state index contributed by atoms with van der Waals surface area (Å²) in [4.78, 5) is 34.6. The first-order valence-electron chi connectivity index (χ1n) is 11.6. The maximum atomic E-state index is 13.2. The molecule has 33 heavy (non-hydrogen) atoms. The van der Waals surface area contributed by atoms with E-state index >= 15 is 0 Å². The second kappa shape index (κ2) is 8.59. The molecule has 4 aromatic rings. The van der Waals surface area contributed by atoms with E-state index in [2.05, 4.69) is 60.0 Å². The van der Waals surface area contributed by atoms with Gasteiger partial charge in [-0.2, -0.15) is 0 Å². The number of para-hydroxylation sites is 1. The van der Waals surface area contributed by atoms with Crippen LogP contribution in [-0.2, 0) is 4.79 Å². The minimum atomic E-state index is 0.103. The van der Waals surface area contributed by atoms with Crippen LogP contribution in [0.4, 0.5) is 11.5 Å². The number of carbonyl (C=O) groups is 1. The van der Waals surface area contributed by atoms with Gasteiger partial charge in [0, 0.05) is 62.5 Å². The van der Waals surface area contributed by atoms with Crippen LogP contribution in [0.25, 0.3) is 20.4 Å². The Morgan fingerprint density at radius 1 is 0.848 bits per heavy atom. The first kappa shape index (κ1) is 20.4. The van der Waals surface area contributed by atoms with Crippen LogP contribution in [0.1, 0.15) is 12.8 Å². The Morgan fingerprint density at radius 3 is 2.42 bits per heavy atom. The lowest BCUT2D eigenvalue weighted by molar-refractivity contribution is -0.136. The Labute approximate surface area is 196 Å². The van der Waals surface area contributed by atoms with E-state index in [9.17, 15) is 4.79 Å². The summed E-state index contributed by atoms with van der Waals surface area (Å²) in [6.07, 6.45) is 5.21. The minimum Gasteiger partial charge on any atom is -0.368 e. The fourth-order valence-corrected chi connectivity index (χ4v) is 6.16. The molecule has 6 rings (SSSR count). The van der Waals surface area contributed by atoms with Crippen LogP contribution in [0.3, 0.4) is 0 Å². The number of amides is 1. The van der Waals surface area contributed by atoms with Crippen LogP contribution in [0, 0.1) is 5.92 Å². The molecule has 0 N–H and O–H groups in total. The zero-order valence-corrected chi connectivity index (χ0v) is 19.2. The molecular formula is C25H26N6OS. The van der Waals surface area contributed by atoms with Crippen molar-refractivity contribution in [2.24, 2.45) is 5.92 Å². The maximum Gasteiger partial charge on any atom is 0.225 e. The van der Waals surface area contributed by atoms with Crippen molar-refractivity contribution in [3.63, 3.8) is 0 Å². The number of thiophene rings is 1. The van der Waals surface area contributed by atoms with E-state index in [4.69, 9.17) is 0 Å². The molecule has 0 unspecified atom stereocenters. The molecule has 3 aromatic heterocycles. The lowest BCUT2D eigenvalue weighted by Gasteiger charge is -2.39. The number of rotatable bonds is 3. The third kappa shape index (κ3) is 3.78. The van der Waals surface area contributed by atoms with E-state index in [1.165, 1.54) is 5.69 Å². The molecule has 1 aromatic carbocycles. The van der Waals surface area contributed by atoms with Crippen LogP contribution in [0.5, 0.6) is 0 Å². The summed E-state index contributed by atoms with van der Waals surface area (Å²) in [5, 5.41) is 1.08. The summed E-state index contributed by atoms with van der Waals surface area (Å²) in [5.41, 5.74) is 2.22. The third-order valence-electron chi connectivity index (χ3n) is 6.87. The van der Waals surface area contributed by atoms with Gasteiger partial charge in [-0.05, 0) is 37.1 Å². The zero-order valence-electron chi connectivity index (χ0n) is 18.4. The Morgan fingerprint density at radius 2 is 1.64 bits per heavy atom. The fraction of sp³-hybridized carbons (Fsp3) is 0.360. The number of carbonyl (C=O) groups excluding carboxylic acids is 1. The van der Waals surface area contributed by atoms with Gasteiger partial charge in [-0.1, -0.05) is 18.2 Å². The monoisotopic (exact) mass is 458 g/mol. The molecule has 168 valence electrons. The predicted octanol–water partition coefficient (Wildman–Crippen LogP) is 3.80. The van der Waals surface area contributed by atoms with Gasteiger partial charge in [-0.3, -0.25) is 4.79 Å². The molecular weight excluding hydrogens is 432 g/mol. The highest BCUT2D eigenvalue weighted by Gasteiger charge is 2.31. The highest BCUT2D eigenvalue weighted by Crippen LogP contribution is 2.37. The maximum absolute atomic E-state index is 13.2. The van der Waals surface area contributed by atoms with Gasteiger partial charge < -0.3 is 14.7 Å². The van der Waals surface area contributed by atoms with E-state index in [0.717, 1.165) is 78.4 Å². The van der Waals surface area contributed by atoms with E-state index in [-0.39, 0.29) is 5.92 Å². The highest BCUT2D eigenvalue weighted by molar-refractivity contribution is 7.25. The molecule has 0 atom stereocenters. The Hall–Kier alpha value is -3.26. The van der Waals surface area contributed by atoms with Gasteiger partial charge in [-0.25, -0.2) is 15.0 Å². The van der Waals surface area contributed by atoms with Crippen molar-refractivity contribution in [2.75, 3.05) is 49.1 Å². The molecule has 0 radical (unpaired) electrons. The normalized spacial score (nSPS) is 17.8. The van der Waals surface area contributed by atoms with Crippen LogP contribution in [0.2, 0.25) is 0 Å². The molecule has 8 heteroatoms. The molecule has 0 saturated carbocycles. The quantitative estimate of drug-likeness (QED) is 0.465. The number of hydrogen-bond donors (Lipinski definition) is 0. The summed E-state index contributed by atoms with van der Waals surface area (Å²) < 4.78 is 1.09. The molecule has 2 fully saturated rings. The van der Waals surface area contributed by atoms with Crippen LogP contribution < -0.4 is 9.80 Å². The SMILES string of the molecule is O=C(C1CCN(c2ncnc3c2sc2ncccc23)CC1)N1CCN(c2ccccc2)CC1. The highest BCUT2D eigenvalue weighted by atomic mass is 32.1. The van der Waals surface area contributed by atoms with E-state index in [1.54, 1.807) is 17.7 Å². The van der Waals surface area contributed by atoms with Gasteiger partial charge >= 0.3 is 0 Å². The Bertz CT molecular complexity index is 1280. The molecule has 2 saturated heterocycles. The number of pyridine rings is 1. The van der Waals surface area contributed by atoms with Gasteiger partial charge in [0.1, 0.15) is 17.0 Å². The average Bonchev–Trinajstić information content (AvgIpc) is 3.28. The van der Waals surface area contributed by atoms with Crippen LogP contribution in [-0.4, -0.2) is 65.0 Å². The van der Waals surface area contributed by atoms with Gasteiger partial charge in [0.2, 0.25) is 5.91 Å². The second-order valence-corrected chi connectivity index (χ2v) is 9.74. The number of piperidine rings is 1. The van der Waals surface area contributed by atoms with Crippen molar-refractivity contribution in [1.29, 1.82) is 0 Å². The molecule has 1 amide bonds. The van der Waals surface area contributed by atoms with Crippen LogP contribution in [0.15, 0.2) is 55.0 Å². The van der Waals surface area contributed by atoms with Gasteiger partial charge in [-0.15, -0.1) is 11.3 Å². The molecule has 7 nitrogen and oxygen atoms in total. The number of hydrogen-bond acceptors (Lipinski definition) is 7. The largest absolute Gasteiger partial charge is 0.368 e. The van der Waals surface area contributed by atoms with Gasteiger partial charge in [0.05, 0.1) is 10.2 Å². The lowest BCUT2D eigenvalue weighted by atomic mass is 9.95. The van der Waals surface area contributed by atoms with Crippen molar-refractivity contribution in [3.05, 3.63) is 55.0 Å². The average molecular weight is 459 g/mol. The molecule has 5 heterocycles. The Balaban J connectivity index is 1.11. The predicted molar refractivity (Wildman–Crippen MR) is 133 cm³/mol. The number of fused-ring (bicyclic) bond motifs is 3. The lowest BCUT2D eigenvalue weighted by Crippen LogP contribution is -2.51. The molecule has 2 aliphatic heterocycles. The molecule has 2 aliphatic rings. The first-order chi connectivity index (χ1) is 16.3. The Kier molecular flexibility index (Phi) is 5.30. The van der Waals surface area contributed by atoms with Crippen LogP contribution >= 0.6 is 11.3 Å². The van der Waals surface area contributed by atoms with Crippen molar-refractivity contribution in [2.45, 2.75) is 12.8 Å². The topological polar surface area (TPSA) is 65.5 Å². The standard InChI is InChI=1S/C25H26N6OS/c32-25(31-15-13-29(14-16-31)19-5-2-1-3-6-19)18-8-11-30(12-9-18)23-22-21(27-17-28-23)20-7-4-10-26-24(20)33-22/h1-7,10,17-18H,8-9,11-16H2. The smallest absolute Gasteiger partial charge is 0.225 e. The van der Waals surface area contributed by atoms with Gasteiger partial charge in [0.15, 0.2) is 0 Å². The summed E-state index contributed by atoms with van der Waals surface area (Å²) in [7, 11) is 0. The van der Waals surface area contributed by atoms with Gasteiger partial charge in [0.25, 0.3) is 0 Å². The molecule has 0 spiro atoms. The zero-order chi connectivity index (χ0) is 22.2.